The fourth-order valence-electron chi connectivity index (χ4n) is 2.04. The minimum Gasteiger partial charge on any atom is -0.399 e. The fourth-order valence-corrected chi connectivity index (χ4v) is 2.64. The lowest BCUT2D eigenvalue weighted by atomic mass is 9.79. The van der Waals surface area contributed by atoms with Crippen molar-refractivity contribution in [3.8, 4) is 10.7 Å². The lowest BCUT2D eigenvalue weighted by Crippen LogP contribution is -2.41. The van der Waals surface area contributed by atoms with Crippen LogP contribution in [0, 0.1) is 0 Å². The third-order valence-corrected chi connectivity index (χ3v) is 4.76. The molecule has 0 aliphatic carbocycles. The summed E-state index contributed by atoms with van der Waals surface area (Å²) in [7, 11) is -0.360. The number of aromatic nitrogens is 2. The first kappa shape index (κ1) is 13.7. The monoisotopic (exact) mass is 288 g/mol. The number of rotatable bonds is 2. The molecule has 104 valence electrons. The largest absolute Gasteiger partial charge is 0.494 e. The van der Waals surface area contributed by atoms with E-state index in [4.69, 9.17) is 9.31 Å². The number of thiazole rings is 1. The topological polar surface area (TPSA) is 44.2 Å². The number of hydrogen-bond donors (Lipinski definition) is 0. The van der Waals surface area contributed by atoms with Gasteiger partial charge in [-0.1, -0.05) is 0 Å². The summed E-state index contributed by atoms with van der Waals surface area (Å²) in [5.74, 6) is 0. The summed E-state index contributed by atoms with van der Waals surface area (Å²) in [5.41, 5.74) is 1.17. The Balaban J connectivity index is 1.91. The van der Waals surface area contributed by atoms with Crippen LogP contribution < -0.4 is 5.46 Å². The minimum atomic E-state index is -0.360. The van der Waals surface area contributed by atoms with Crippen LogP contribution in [0.3, 0.4) is 0 Å². The second-order valence-electron chi connectivity index (χ2n) is 5.90. The number of nitrogens with zero attached hydrogens (tertiary/aromatic N) is 2. The average Bonchev–Trinajstić information content (AvgIpc) is 2.97. The lowest BCUT2D eigenvalue weighted by molar-refractivity contribution is 0.00578. The van der Waals surface area contributed by atoms with E-state index in [1.165, 1.54) is 0 Å². The van der Waals surface area contributed by atoms with Crippen LogP contribution in [0.2, 0.25) is 0 Å². The number of hydrogen-bond acceptors (Lipinski definition) is 5. The highest BCUT2D eigenvalue weighted by atomic mass is 32.1. The third kappa shape index (κ3) is 2.28. The normalized spacial score (nSPS) is 20.3. The van der Waals surface area contributed by atoms with Gasteiger partial charge in [0.25, 0.3) is 0 Å². The van der Waals surface area contributed by atoms with Crippen molar-refractivity contribution in [3.05, 3.63) is 29.9 Å². The molecule has 3 heterocycles. The summed E-state index contributed by atoms with van der Waals surface area (Å²) in [5, 5.41) is 2.85. The van der Waals surface area contributed by atoms with E-state index >= 15 is 0 Å². The summed E-state index contributed by atoms with van der Waals surface area (Å²) in [4.78, 5) is 8.65. The SMILES string of the molecule is CC1(C)OB(c2ccnc(-c3nccs3)c2)OC1(C)C. The molecule has 3 rings (SSSR count). The van der Waals surface area contributed by atoms with Gasteiger partial charge in [-0.15, -0.1) is 11.3 Å². The van der Waals surface area contributed by atoms with Crippen LogP contribution in [0.15, 0.2) is 29.9 Å². The Hall–Kier alpha value is -1.24. The van der Waals surface area contributed by atoms with E-state index in [1.54, 1.807) is 23.7 Å². The average molecular weight is 288 g/mol. The van der Waals surface area contributed by atoms with Crippen molar-refractivity contribution in [2.75, 3.05) is 0 Å². The molecule has 1 fully saturated rings. The van der Waals surface area contributed by atoms with Gasteiger partial charge >= 0.3 is 7.12 Å². The minimum absolute atomic E-state index is 0.331. The molecule has 1 aliphatic rings. The molecule has 2 aromatic heterocycles. The van der Waals surface area contributed by atoms with Crippen LogP contribution in [0.5, 0.6) is 0 Å². The van der Waals surface area contributed by atoms with Crippen LogP contribution in [0.1, 0.15) is 27.7 Å². The van der Waals surface area contributed by atoms with E-state index < -0.39 is 0 Å². The van der Waals surface area contributed by atoms with E-state index in [0.29, 0.717) is 0 Å². The van der Waals surface area contributed by atoms with E-state index in [2.05, 4.69) is 37.7 Å². The van der Waals surface area contributed by atoms with Gasteiger partial charge in [0.05, 0.1) is 16.9 Å². The predicted molar refractivity (Wildman–Crippen MR) is 81.1 cm³/mol. The Morgan fingerprint density at radius 2 is 1.75 bits per heavy atom. The van der Waals surface area contributed by atoms with E-state index in [-0.39, 0.29) is 18.3 Å². The predicted octanol–water partition coefficient (Wildman–Crippen LogP) is 2.50. The molecule has 4 nitrogen and oxygen atoms in total. The molecule has 0 radical (unpaired) electrons. The van der Waals surface area contributed by atoms with Crippen LogP contribution in [-0.4, -0.2) is 28.3 Å². The molecule has 2 aromatic rings. The molecule has 0 bridgehead atoms. The molecule has 0 saturated carbocycles. The molecule has 0 atom stereocenters. The molecule has 0 amide bonds. The Labute approximate surface area is 123 Å². The molecule has 0 N–H and O–H groups in total. The van der Waals surface area contributed by atoms with E-state index in [1.807, 2.05) is 17.5 Å². The molecule has 20 heavy (non-hydrogen) atoms. The van der Waals surface area contributed by atoms with Gasteiger partial charge in [-0.05, 0) is 45.3 Å². The van der Waals surface area contributed by atoms with E-state index in [9.17, 15) is 0 Å². The fraction of sp³-hybridized carbons (Fsp3) is 0.429. The van der Waals surface area contributed by atoms with Gasteiger partial charge in [-0.3, -0.25) is 4.98 Å². The van der Waals surface area contributed by atoms with Gasteiger partial charge in [0.15, 0.2) is 0 Å². The highest BCUT2D eigenvalue weighted by Crippen LogP contribution is 2.36. The Kier molecular flexibility index (Phi) is 3.19. The quantitative estimate of drug-likeness (QED) is 0.796. The summed E-state index contributed by atoms with van der Waals surface area (Å²) < 4.78 is 12.1. The molecule has 0 aromatic carbocycles. The molecule has 1 saturated heterocycles. The Bertz CT molecular complexity index is 597. The van der Waals surface area contributed by atoms with Crippen molar-refractivity contribution in [1.82, 2.24) is 9.97 Å². The van der Waals surface area contributed by atoms with Crippen LogP contribution in [-0.2, 0) is 9.31 Å². The molecular weight excluding hydrogens is 271 g/mol. The maximum absolute atomic E-state index is 6.06. The second kappa shape index (κ2) is 4.65. The van der Waals surface area contributed by atoms with Gasteiger partial charge in [0.2, 0.25) is 0 Å². The highest BCUT2D eigenvalue weighted by molar-refractivity contribution is 7.13. The highest BCUT2D eigenvalue weighted by Gasteiger charge is 2.51. The van der Waals surface area contributed by atoms with Crippen molar-refractivity contribution in [2.45, 2.75) is 38.9 Å². The molecule has 0 unspecified atom stereocenters. The zero-order valence-electron chi connectivity index (χ0n) is 12.1. The van der Waals surface area contributed by atoms with Gasteiger partial charge < -0.3 is 9.31 Å². The molecule has 6 heteroatoms. The van der Waals surface area contributed by atoms with Crippen LogP contribution >= 0.6 is 11.3 Å². The summed E-state index contributed by atoms with van der Waals surface area (Å²) in [6, 6.07) is 3.92. The zero-order chi connectivity index (χ0) is 14.4. The molecule has 1 aliphatic heterocycles. The van der Waals surface area contributed by atoms with Crippen molar-refractivity contribution in [2.24, 2.45) is 0 Å². The first-order valence-electron chi connectivity index (χ1n) is 6.60. The van der Waals surface area contributed by atoms with Crippen molar-refractivity contribution < 1.29 is 9.31 Å². The number of pyridine rings is 1. The van der Waals surface area contributed by atoms with Crippen LogP contribution in [0.4, 0.5) is 0 Å². The van der Waals surface area contributed by atoms with Crippen molar-refractivity contribution in [1.29, 1.82) is 0 Å². The summed E-state index contributed by atoms with van der Waals surface area (Å²) in [6.07, 6.45) is 3.56. The van der Waals surface area contributed by atoms with Gasteiger partial charge in [-0.2, -0.15) is 0 Å². The first-order chi connectivity index (χ1) is 9.39. The Morgan fingerprint density at radius 3 is 2.35 bits per heavy atom. The summed E-state index contributed by atoms with van der Waals surface area (Å²) >= 11 is 1.57. The molecular formula is C14H17BN2O2S. The standard InChI is InChI=1S/C14H17BN2O2S/c1-13(2)14(3,4)19-15(18-13)10-5-6-16-11(9-10)12-17-7-8-20-12/h5-9H,1-4H3. The lowest BCUT2D eigenvalue weighted by Gasteiger charge is -2.32. The summed E-state index contributed by atoms with van der Waals surface area (Å²) in [6.45, 7) is 8.21. The first-order valence-corrected chi connectivity index (χ1v) is 7.48. The van der Waals surface area contributed by atoms with Gasteiger partial charge in [0.1, 0.15) is 5.01 Å². The maximum Gasteiger partial charge on any atom is 0.494 e. The maximum atomic E-state index is 6.06. The zero-order valence-corrected chi connectivity index (χ0v) is 12.9. The molecule has 0 spiro atoms. The van der Waals surface area contributed by atoms with Gasteiger partial charge in [-0.25, -0.2) is 4.98 Å². The van der Waals surface area contributed by atoms with Crippen LogP contribution in [0.25, 0.3) is 10.7 Å². The van der Waals surface area contributed by atoms with Gasteiger partial charge in [0, 0.05) is 17.8 Å². The van der Waals surface area contributed by atoms with Crippen molar-refractivity contribution >= 4 is 23.9 Å². The smallest absolute Gasteiger partial charge is 0.399 e. The third-order valence-electron chi connectivity index (χ3n) is 3.96. The van der Waals surface area contributed by atoms with E-state index in [0.717, 1.165) is 16.2 Å². The Morgan fingerprint density at radius 1 is 1.05 bits per heavy atom. The second-order valence-corrected chi connectivity index (χ2v) is 6.79. The van der Waals surface area contributed by atoms with Crippen molar-refractivity contribution in [3.63, 3.8) is 0 Å².